The highest BCUT2D eigenvalue weighted by Gasteiger charge is 2.11. The lowest BCUT2D eigenvalue weighted by molar-refractivity contribution is -0.111. The van der Waals surface area contributed by atoms with Crippen molar-refractivity contribution in [2.75, 3.05) is 29.2 Å². The van der Waals surface area contributed by atoms with Gasteiger partial charge in [-0.15, -0.1) is 0 Å². The summed E-state index contributed by atoms with van der Waals surface area (Å²) in [5.41, 5.74) is 1.02. The molecule has 0 atom stereocenters. The second-order valence-corrected chi connectivity index (χ2v) is 9.41. The largest absolute Gasteiger partial charge is 0.493 e. The van der Waals surface area contributed by atoms with Crippen LogP contribution < -0.4 is 20.1 Å². The fourth-order valence-corrected chi connectivity index (χ4v) is 3.37. The number of hydrogen-bond acceptors (Lipinski definition) is 8. The van der Waals surface area contributed by atoms with Gasteiger partial charge in [0.2, 0.25) is 17.7 Å². The number of anilines is 3. The number of carbonyl (C=O) groups is 1. The second kappa shape index (κ2) is 12.5. The predicted molar refractivity (Wildman–Crippen MR) is 134 cm³/mol. The molecule has 0 bridgehead atoms. The summed E-state index contributed by atoms with van der Waals surface area (Å²) in [6.45, 7) is 3.63. The molecule has 1 aromatic heterocycles. The topological polar surface area (TPSA) is 120 Å². The van der Waals surface area contributed by atoms with Crippen molar-refractivity contribution in [1.29, 1.82) is 0 Å². The molecule has 2 aromatic carbocycles. The first-order chi connectivity index (χ1) is 16.2. The molecule has 35 heavy (non-hydrogen) atoms. The summed E-state index contributed by atoms with van der Waals surface area (Å²) in [5.74, 6) is -0.557. The van der Waals surface area contributed by atoms with Crippen LogP contribution in [0.25, 0.3) is 0 Å². The van der Waals surface area contributed by atoms with E-state index in [4.69, 9.17) is 9.47 Å². The Morgan fingerprint density at radius 2 is 1.83 bits per heavy atom. The molecular formula is C24H27FN4O5S. The number of aromatic nitrogens is 2. The number of sulfone groups is 1. The van der Waals surface area contributed by atoms with Gasteiger partial charge in [-0.25, -0.2) is 13.4 Å². The first-order valence-corrected chi connectivity index (χ1v) is 12.2. The first-order valence-electron chi connectivity index (χ1n) is 10.1. The molecule has 0 spiro atoms. The maximum Gasteiger partial charge on any atom is 0.260 e. The number of benzene rings is 2. The SMILES string of the molecule is C.C=CC(=O)Nc1cccc(Oc2nc(Nc3cccc(OCCCS(C)(=O)=O)c3)ncc2F)c1. The molecule has 2 N–H and O–H groups in total. The van der Waals surface area contributed by atoms with Crippen molar-refractivity contribution >= 4 is 33.1 Å². The summed E-state index contributed by atoms with van der Waals surface area (Å²) < 4.78 is 47.8. The maximum absolute atomic E-state index is 14.3. The predicted octanol–water partition coefficient (Wildman–Crippen LogP) is 4.73. The monoisotopic (exact) mass is 502 g/mol. The van der Waals surface area contributed by atoms with Gasteiger partial charge in [0, 0.05) is 29.8 Å². The summed E-state index contributed by atoms with van der Waals surface area (Å²) in [4.78, 5) is 19.5. The van der Waals surface area contributed by atoms with Crippen molar-refractivity contribution in [3.63, 3.8) is 0 Å². The molecule has 0 unspecified atom stereocenters. The molecular weight excluding hydrogens is 475 g/mol. The van der Waals surface area contributed by atoms with E-state index in [-0.39, 0.29) is 37.4 Å². The van der Waals surface area contributed by atoms with Crippen LogP contribution in [-0.2, 0) is 14.6 Å². The molecule has 3 rings (SSSR count). The van der Waals surface area contributed by atoms with Gasteiger partial charge in [0.1, 0.15) is 21.3 Å². The van der Waals surface area contributed by atoms with Crippen molar-refractivity contribution < 1.29 is 27.1 Å². The Morgan fingerprint density at radius 3 is 2.54 bits per heavy atom. The smallest absolute Gasteiger partial charge is 0.260 e. The van der Waals surface area contributed by atoms with Crippen molar-refractivity contribution in [2.24, 2.45) is 0 Å². The van der Waals surface area contributed by atoms with E-state index < -0.39 is 21.6 Å². The lowest BCUT2D eigenvalue weighted by atomic mass is 10.3. The van der Waals surface area contributed by atoms with Crippen LogP contribution >= 0.6 is 0 Å². The lowest BCUT2D eigenvalue weighted by Gasteiger charge is -2.11. The standard InChI is InChI=1S/C23H23FN4O5S.CH4/c1-3-21(29)26-16-7-5-10-19(14-16)33-22-20(24)15-25-23(28-22)27-17-8-4-9-18(13-17)32-11-6-12-34(2,30)31;/h3-5,7-10,13-15H,1,6,11-12H2,2H3,(H,26,29)(H,25,27,28);1H4. The molecule has 1 heterocycles. The van der Waals surface area contributed by atoms with Gasteiger partial charge in [-0.1, -0.05) is 26.1 Å². The summed E-state index contributed by atoms with van der Waals surface area (Å²) >= 11 is 0. The van der Waals surface area contributed by atoms with Crippen LogP contribution in [0.5, 0.6) is 17.4 Å². The zero-order chi connectivity index (χ0) is 24.6. The Balaban J connectivity index is 0.00000432. The first kappa shape index (κ1) is 27.3. The van der Waals surface area contributed by atoms with E-state index in [1.165, 1.54) is 12.3 Å². The van der Waals surface area contributed by atoms with Crippen LogP contribution in [0.2, 0.25) is 0 Å². The Bertz CT molecular complexity index is 1280. The van der Waals surface area contributed by atoms with Gasteiger partial charge in [-0.3, -0.25) is 4.79 Å². The zero-order valence-corrected chi connectivity index (χ0v) is 19.1. The summed E-state index contributed by atoms with van der Waals surface area (Å²) in [6, 6.07) is 13.3. The summed E-state index contributed by atoms with van der Waals surface area (Å²) in [5, 5.41) is 5.53. The minimum Gasteiger partial charge on any atom is -0.493 e. The van der Waals surface area contributed by atoms with Crippen LogP contribution in [0.3, 0.4) is 0 Å². The third-order valence-corrected chi connectivity index (χ3v) is 5.26. The Labute approximate surface area is 203 Å². The van der Waals surface area contributed by atoms with E-state index >= 15 is 0 Å². The molecule has 0 radical (unpaired) electrons. The number of nitrogens with zero attached hydrogens (tertiary/aromatic N) is 2. The number of halogens is 1. The summed E-state index contributed by atoms with van der Waals surface area (Å²) in [6.07, 6.45) is 3.65. The fraction of sp³-hybridized carbons (Fsp3) is 0.208. The molecule has 1 amide bonds. The third-order valence-electron chi connectivity index (χ3n) is 4.23. The maximum atomic E-state index is 14.3. The highest BCUT2D eigenvalue weighted by Crippen LogP contribution is 2.27. The van der Waals surface area contributed by atoms with Gasteiger partial charge in [0.25, 0.3) is 5.88 Å². The average molecular weight is 503 g/mol. The van der Waals surface area contributed by atoms with Crippen molar-refractivity contribution in [1.82, 2.24) is 9.97 Å². The molecule has 186 valence electrons. The molecule has 0 aliphatic carbocycles. The molecule has 0 aliphatic rings. The normalized spacial score (nSPS) is 10.6. The van der Waals surface area contributed by atoms with Gasteiger partial charge in [0.05, 0.1) is 18.6 Å². The third kappa shape index (κ3) is 9.05. The van der Waals surface area contributed by atoms with Crippen LogP contribution in [0.15, 0.2) is 67.4 Å². The number of carbonyl (C=O) groups excluding carboxylic acids is 1. The second-order valence-electron chi connectivity index (χ2n) is 7.15. The number of nitrogens with one attached hydrogen (secondary N) is 2. The molecule has 9 nitrogen and oxygen atoms in total. The van der Waals surface area contributed by atoms with Crippen molar-refractivity contribution in [3.05, 3.63) is 73.2 Å². The minimum atomic E-state index is -3.04. The van der Waals surface area contributed by atoms with Crippen LogP contribution in [0.1, 0.15) is 13.8 Å². The molecule has 0 aliphatic heterocycles. The van der Waals surface area contributed by atoms with E-state index in [9.17, 15) is 17.6 Å². The van der Waals surface area contributed by atoms with E-state index in [2.05, 4.69) is 27.2 Å². The van der Waals surface area contributed by atoms with E-state index in [0.29, 0.717) is 23.5 Å². The number of rotatable bonds is 11. The lowest BCUT2D eigenvalue weighted by Crippen LogP contribution is -2.08. The molecule has 11 heteroatoms. The van der Waals surface area contributed by atoms with Gasteiger partial charge < -0.3 is 20.1 Å². The highest BCUT2D eigenvalue weighted by molar-refractivity contribution is 7.90. The highest BCUT2D eigenvalue weighted by atomic mass is 32.2. The quantitative estimate of drug-likeness (QED) is 0.285. The molecule has 0 fully saturated rings. The Morgan fingerprint density at radius 1 is 1.14 bits per heavy atom. The van der Waals surface area contributed by atoms with Crippen LogP contribution in [0.4, 0.5) is 21.7 Å². The Kier molecular flexibility index (Phi) is 9.71. The van der Waals surface area contributed by atoms with Gasteiger partial charge in [-0.2, -0.15) is 9.37 Å². The Hall–Kier alpha value is -3.99. The van der Waals surface area contributed by atoms with E-state index in [0.717, 1.165) is 12.3 Å². The molecule has 3 aromatic rings. The zero-order valence-electron chi connectivity index (χ0n) is 18.3. The van der Waals surface area contributed by atoms with Gasteiger partial charge >= 0.3 is 0 Å². The fourth-order valence-electron chi connectivity index (χ4n) is 2.73. The number of hydrogen-bond donors (Lipinski definition) is 2. The van der Waals surface area contributed by atoms with Crippen LogP contribution in [0, 0.1) is 5.82 Å². The number of amides is 1. The molecule has 0 saturated heterocycles. The average Bonchev–Trinajstić information content (AvgIpc) is 2.79. The molecule has 0 saturated carbocycles. The summed E-state index contributed by atoms with van der Waals surface area (Å²) in [7, 11) is -3.04. The van der Waals surface area contributed by atoms with Crippen molar-refractivity contribution in [2.45, 2.75) is 13.8 Å². The van der Waals surface area contributed by atoms with Crippen LogP contribution in [-0.4, -0.2) is 42.9 Å². The van der Waals surface area contributed by atoms with Crippen molar-refractivity contribution in [3.8, 4) is 17.4 Å². The number of ether oxygens (including phenoxy) is 2. The minimum absolute atomic E-state index is 0. The van der Waals surface area contributed by atoms with E-state index in [1.807, 2.05) is 0 Å². The van der Waals surface area contributed by atoms with Gasteiger partial charge in [-0.05, 0) is 36.8 Å². The van der Waals surface area contributed by atoms with E-state index in [1.54, 1.807) is 42.5 Å². The van der Waals surface area contributed by atoms with Gasteiger partial charge in [0.15, 0.2) is 0 Å².